The highest BCUT2D eigenvalue weighted by Crippen LogP contribution is 2.21. The minimum absolute atomic E-state index is 0.249. The van der Waals surface area contributed by atoms with E-state index in [0.717, 1.165) is 22.3 Å². The van der Waals surface area contributed by atoms with Crippen molar-refractivity contribution in [1.82, 2.24) is 19.6 Å². The zero-order valence-corrected chi connectivity index (χ0v) is 27.1. The van der Waals surface area contributed by atoms with Gasteiger partial charge in [0.1, 0.15) is 11.5 Å². The maximum Gasteiger partial charge on any atom is 0.336 e. The van der Waals surface area contributed by atoms with Crippen LogP contribution in [0.5, 0.6) is 11.5 Å². The molecule has 48 heavy (non-hydrogen) atoms. The summed E-state index contributed by atoms with van der Waals surface area (Å²) in [7, 11) is 0. The molecule has 1 aliphatic heterocycles. The summed E-state index contributed by atoms with van der Waals surface area (Å²) in [4.78, 5) is 33.3. The van der Waals surface area contributed by atoms with Crippen LogP contribution in [-0.4, -0.2) is 104 Å². The van der Waals surface area contributed by atoms with Gasteiger partial charge in [-0.1, -0.05) is 72.8 Å². The molecule has 4 N–H and O–H groups in total. The zero-order chi connectivity index (χ0) is 33.9. The molecule has 0 radical (unpaired) electrons. The van der Waals surface area contributed by atoms with Crippen LogP contribution in [0.3, 0.4) is 0 Å². The number of carbonyl (C=O) groups is 2. The number of aromatic carboxylic acids is 2. The van der Waals surface area contributed by atoms with E-state index in [9.17, 15) is 30.0 Å². The second kappa shape index (κ2) is 16.9. The summed E-state index contributed by atoms with van der Waals surface area (Å²) in [5.41, 5.74) is 3.70. The van der Waals surface area contributed by atoms with Crippen LogP contribution in [0, 0.1) is 0 Å². The van der Waals surface area contributed by atoms with Crippen LogP contribution in [0.25, 0.3) is 0 Å². The van der Waals surface area contributed by atoms with Crippen molar-refractivity contribution in [3.8, 4) is 11.5 Å². The maximum atomic E-state index is 12.1. The van der Waals surface area contributed by atoms with Gasteiger partial charge in [0, 0.05) is 89.7 Å². The number of para-hydroxylation sites is 2. The second-order valence-corrected chi connectivity index (χ2v) is 12.3. The first-order valence-corrected chi connectivity index (χ1v) is 16.3. The molecule has 0 saturated carbocycles. The van der Waals surface area contributed by atoms with E-state index >= 15 is 0 Å². The Balaban J connectivity index is 1.43. The van der Waals surface area contributed by atoms with Crippen molar-refractivity contribution in [2.75, 3.05) is 52.4 Å². The van der Waals surface area contributed by atoms with Gasteiger partial charge in [-0.15, -0.1) is 0 Å². The molecule has 10 nitrogen and oxygen atoms in total. The van der Waals surface area contributed by atoms with Crippen LogP contribution >= 0.6 is 0 Å². The van der Waals surface area contributed by atoms with Gasteiger partial charge in [0.05, 0.1) is 11.1 Å². The van der Waals surface area contributed by atoms with Gasteiger partial charge >= 0.3 is 11.9 Å². The van der Waals surface area contributed by atoms with Gasteiger partial charge in [-0.25, -0.2) is 9.59 Å². The first kappa shape index (κ1) is 34.6. The second-order valence-electron chi connectivity index (χ2n) is 12.3. The predicted octanol–water partition coefficient (Wildman–Crippen LogP) is 4.82. The van der Waals surface area contributed by atoms with E-state index in [-0.39, 0.29) is 22.6 Å². The van der Waals surface area contributed by atoms with E-state index in [0.29, 0.717) is 78.5 Å². The molecular weight excluding hydrogens is 608 g/mol. The number of nitrogens with zero attached hydrogens (tertiary/aromatic N) is 4. The van der Waals surface area contributed by atoms with E-state index in [1.165, 1.54) is 0 Å². The molecule has 10 heteroatoms. The summed E-state index contributed by atoms with van der Waals surface area (Å²) in [6.45, 7) is 7.32. The van der Waals surface area contributed by atoms with E-state index in [2.05, 4.69) is 19.6 Å². The Morgan fingerprint density at radius 2 is 0.667 bits per heavy atom. The van der Waals surface area contributed by atoms with Gasteiger partial charge in [-0.2, -0.15) is 0 Å². The van der Waals surface area contributed by atoms with Crippen molar-refractivity contribution < 1.29 is 30.0 Å². The van der Waals surface area contributed by atoms with Crippen LogP contribution in [0.15, 0.2) is 97.1 Å². The minimum Gasteiger partial charge on any atom is -0.508 e. The van der Waals surface area contributed by atoms with Crippen LogP contribution in [0.1, 0.15) is 43.0 Å². The molecule has 0 unspecified atom stereocenters. The summed E-state index contributed by atoms with van der Waals surface area (Å²) in [5.74, 6) is -1.42. The Morgan fingerprint density at radius 3 is 0.958 bits per heavy atom. The number of rotatable bonds is 10. The number of hydrogen-bond acceptors (Lipinski definition) is 8. The van der Waals surface area contributed by atoms with E-state index in [1.807, 2.05) is 60.7 Å². The molecule has 5 rings (SSSR count). The molecule has 4 aromatic rings. The van der Waals surface area contributed by atoms with Crippen molar-refractivity contribution in [3.05, 3.63) is 130 Å². The lowest BCUT2D eigenvalue weighted by Gasteiger charge is -2.35. The smallest absolute Gasteiger partial charge is 0.336 e. The van der Waals surface area contributed by atoms with Crippen LogP contribution < -0.4 is 0 Å². The Morgan fingerprint density at radius 1 is 0.417 bits per heavy atom. The lowest BCUT2D eigenvalue weighted by atomic mass is 10.1. The van der Waals surface area contributed by atoms with Crippen LogP contribution in [0.4, 0.5) is 0 Å². The number of benzene rings is 4. The van der Waals surface area contributed by atoms with Gasteiger partial charge < -0.3 is 20.4 Å². The molecule has 4 aromatic carbocycles. The number of carboxylic acid groups (broad SMARTS) is 2. The summed E-state index contributed by atoms with van der Waals surface area (Å²) in [6.07, 6.45) is 0. The lowest BCUT2D eigenvalue weighted by Crippen LogP contribution is -2.45. The third kappa shape index (κ3) is 9.65. The monoisotopic (exact) mass is 652 g/mol. The third-order valence-corrected chi connectivity index (χ3v) is 8.98. The molecule has 252 valence electrons. The molecule has 0 atom stereocenters. The topological polar surface area (TPSA) is 128 Å². The van der Waals surface area contributed by atoms with Gasteiger partial charge in [0.15, 0.2) is 0 Å². The van der Waals surface area contributed by atoms with Crippen molar-refractivity contribution in [1.29, 1.82) is 0 Å². The van der Waals surface area contributed by atoms with Gasteiger partial charge in [-0.05, 0) is 35.4 Å². The quantitative estimate of drug-likeness (QED) is 0.189. The lowest BCUT2D eigenvalue weighted by molar-refractivity contribution is 0.0681. The Bertz CT molecular complexity index is 1560. The van der Waals surface area contributed by atoms with E-state index in [4.69, 9.17) is 0 Å². The summed E-state index contributed by atoms with van der Waals surface area (Å²) >= 11 is 0. The van der Waals surface area contributed by atoms with Crippen molar-refractivity contribution in [2.24, 2.45) is 0 Å². The summed E-state index contributed by atoms with van der Waals surface area (Å²) in [6, 6.07) is 28.9. The molecule has 1 aliphatic rings. The fraction of sp³-hybridized carbons (Fsp3) is 0.316. The standard InChI is InChI=1S/C38H44N4O6/c43-35-15-7-3-11-31(35)27-41-21-19-39(25-29-9-1-5-13-33(29)37(45)46)17-18-40(26-30-10-2-6-14-34(30)38(47)48)20-22-42(24-23-41)28-32-12-4-8-16-36(32)44/h1-16,43-44H,17-28H2,(H,45,46)(H,47,48). The van der Waals surface area contributed by atoms with Crippen molar-refractivity contribution >= 4 is 11.9 Å². The van der Waals surface area contributed by atoms with E-state index < -0.39 is 11.9 Å². The van der Waals surface area contributed by atoms with Gasteiger partial charge in [0.2, 0.25) is 0 Å². The maximum absolute atomic E-state index is 12.1. The molecule has 0 aromatic heterocycles. The Hall–Kier alpha value is -4.74. The predicted molar refractivity (Wildman–Crippen MR) is 184 cm³/mol. The highest BCUT2D eigenvalue weighted by Gasteiger charge is 2.21. The first-order chi connectivity index (χ1) is 23.3. The summed E-state index contributed by atoms with van der Waals surface area (Å²) < 4.78 is 0. The largest absolute Gasteiger partial charge is 0.508 e. The Labute approximate surface area is 281 Å². The highest BCUT2D eigenvalue weighted by molar-refractivity contribution is 5.89. The van der Waals surface area contributed by atoms with Gasteiger partial charge in [0.25, 0.3) is 0 Å². The number of phenols is 2. The normalized spacial score (nSPS) is 16.2. The average molecular weight is 653 g/mol. The number of phenolic OH excluding ortho intramolecular Hbond substituents is 2. The first-order valence-electron chi connectivity index (χ1n) is 16.3. The number of aromatic hydroxyl groups is 2. The molecule has 0 bridgehead atoms. The SMILES string of the molecule is O=C(O)c1ccccc1CN1CCN(Cc2ccccc2O)CCN(Cc2ccccc2O)CCN(Cc2ccccc2C(=O)O)CC1. The minimum atomic E-state index is -0.961. The summed E-state index contributed by atoms with van der Waals surface area (Å²) in [5, 5.41) is 40.9. The van der Waals surface area contributed by atoms with E-state index in [1.54, 1.807) is 36.4 Å². The number of hydrogen-bond donors (Lipinski definition) is 4. The number of carboxylic acids is 2. The molecule has 0 aliphatic carbocycles. The fourth-order valence-corrected chi connectivity index (χ4v) is 6.20. The van der Waals surface area contributed by atoms with Crippen LogP contribution in [-0.2, 0) is 26.2 Å². The molecule has 0 amide bonds. The van der Waals surface area contributed by atoms with Crippen molar-refractivity contribution in [3.63, 3.8) is 0 Å². The third-order valence-electron chi connectivity index (χ3n) is 8.98. The molecule has 1 fully saturated rings. The zero-order valence-electron chi connectivity index (χ0n) is 27.1. The average Bonchev–Trinajstić information content (AvgIpc) is 3.08. The Kier molecular flexibility index (Phi) is 12.2. The van der Waals surface area contributed by atoms with Crippen LogP contribution in [0.2, 0.25) is 0 Å². The molecule has 1 heterocycles. The highest BCUT2D eigenvalue weighted by atomic mass is 16.4. The molecular formula is C38H44N4O6. The molecule has 1 saturated heterocycles. The fourth-order valence-electron chi connectivity index (χ4n) is 6.20. The van der Waals surface area contributed by atoms with Crippen molar-refractivity contribution in [2.45, 2.75) is 26.2 Å². The molecule has 0 spiro atoms. The van der Waals surface area contributed by atoms with Gasteiger partial charge in [-0.3, -0.25) is 19.6 Å².